The maximum Gasteiger partial charge on any atom is 0.345 e. The first-order valence-corrected chi connectivity index (χ1v) is 6.27. The average Bonchev–Trinajstić information content (AvgIpc) is 2.72. The van der Waals surface area contributed by atoms with E-state index >= 15 is 0 Å². The van der Waals surface area contributed by atoms with E-state index < -0.39 is 11.9 Å². The van der Waals surface area contributed by atoms with Gasteiger partial charge in [-0.05, 0) is 12.5 Å². The molecule has 0 spiro atoms. The summed E-state index contributed by atoms with van der Waals surface area (Å²) in [4.78, 5) is 23.8. The van der Waals surface area contributed by atoms with Crippen LogP contribution in [0, 0.1) is 0 Å². The van der Waals surface area contributed by atoms with Crippen molar-refractivity contribution >= 4 is 28.9 Å². The van der Waals surface area contributed by atoms with Gasteiger partial charge < -0.3 is 15.7 Å². The summed E-state index contributed by atoms with van der Waals surface area (Å²) in [5.41, 5.74) is 5.93. The molecule has 0 unspecified atom stereocenters. The quantitative estimate of drug-likeness (QED) is 0.775. The molecule has 1 aromatic rings. The Bertz CT molecular complexity index is 403. The van der Waals surface area contributed by atoms with E-state index in [-0.39, 0.29) is 11.4 Å². The molecule has 17 heavy (non-hydrogen) atoms. The molecule has 0 aliphatic rings. The molecule has 94 valence electrons. The summed E-state index contributed by atoms with van der Waals surface area (Å²) in [5.74, 6) is -1.36. The fourth-order valence-corrected chi connectivity index (χ4v) is 2.20. The number of nitrogens with zero attached hydrogens (tertiary/aromatic N) is 1. The van der Waals surface area contributed by atoms with Crippen molar-refractivity contribution < 1.29 is 14.7 Å². The van der Waals surface area contributed by atoms with Crippen LogP contribution < -0.4 is 10.6 Å². The molecule has 3 N–H and O–H groups in total. The van der Waals surface area contributed by atoms with E-state index in [1.807, 2.05) is 4.90 Å². The average molecular weight is 256 g/mol. The van der Waals surface area contributed by atoms with Crippen LogP contribution in [0.2, 0.25) is 0 Å². The summed E-state index contributed by atoms with van der Waals surface area (Å²) in [6, 6.07) is 1.58. The molecule has 0 bridgehead atoms. The van der Waals surface area contributed by atoms with Crippen LogP contribution in [0.3, 0.4) is 0 Å². The van der Waals surface area contributed by atoms with Crippen molar-refractivity contribution in [2.75, 3.05) is 18.0 Å². The van der Waals surface area contributed by atoms with Crippen LogP contribution in [-0.2, 0) is 4.79 Å². The van der Waals surface area contributed by atoms with Crippen LogP contribution in [0.5, 0.6) is 0 Å². The number of hydrogen-bond donors (Lipinski definition) is 2. The minimum absolute atomic E-state index is 0.121. The standard InChI is InChI=1S/C11H16N2O3S/c1-2-3-4-13(6-10(12)14)8-5-9(11(15)16)17-7-8/h5,7H,2-4,6H2,1H3,(H2,12,14)(H,15,16). The number of hydrogen-bond acceptors (Lipinski definition) is 4. The van der Waals surface area contributed by atoms with Gasteiger partial charge in [0.1, 0.15) is 4.88 Å². The van der Waals surface area contributed by atoms with Crippen molar-refractivity contribution in [2.45, 2.75) is 19.8 Å². The number of rotatable bonds is 7. The molecule has 6 heteroatoms. The zero-order valence-electron chi connectivity index (χ0n) is 9.68. The van der Waals surface area contributed by atoms with Gasteiger partial charge in [0, 0.05) is 17.6 Å². The van der Waals surface area contributed by atoms with Crippen LogP contribution in [0.1, 0.15) is 29.4 Å². The lowest BCUT2D eigenvalue weighted by atomic mass is 10.3. The van der Waals surface area contributed by atoms with Crippen LogP contribution in [-0.4, -0.2) is 30.1 Å². The molecular weight excluding hydrogens is 240 g/mol. The lowest BCUT2D eigenvalue weighted by molar-refractivity contribution is -0.116. The van der Waals surface area contributed by atoms with Crippen LogP contribution in [0.4, 0.5) is 5.69 Å². The zero-order chi connectivity index (χ0) is 12.8. The van der Waals surface area contributed by atoms with E-state index in [4.69, 9.17) is 10.8 Å². The smallest absolute Gasteiger partial charge is 0.345 e. The Balaban J connectivity index is 2.79. The van der Waals surface area contributed by atoms with Gasteiger partial charge in [0.05, 0.1) is 6.54 Å². The van der Waals surface area contributed by atoms with Crippen molar-refractivity contribution in [2.24, 2.45) is 5.73 Å². The minimum atomic E-state index is -0.948. The number of carboxylic acids is 1. The summed E-state index contributed by atoms with van der Waals surface area (Å²) >= 11 is 1.15. The Hall–Kier alpha value is -1.56. The van der Waals surface area contributed by atoms with E-state index in [1.165, 1.54) is 0 Å². The van der Waals surface area contributed by atoms with Gasteiger partial charge in [0.2, 0.25) is 5.91 Å². The molecule has 0 fully saturated rings. The van der Waals surface area contributed by atoms with E-state index in [0.29, 0.717) is 6.54 Å². The normalized spacial score (nSPS) is 10.2. The molecular formula is C11H16N2O3S. The maximum absolute atomic E-state index is 11.0. The first kappa shape index (κ1) is 13.5. The van der Waals surface area contributed by atoms with Crippen molar-refractivity contribution in [3.05, 3.63) is 16.3 Å². The molecule has 1 rings (SSSR count). The fraction of sp³-hybridized carbons (Fsp3) is 0.455. The number of carbonyl (C=O) groups excluding carboxylic acids is 1. The van der Waals surface area contributed by atoms with Gasteiger partial charge in [0.15, 0.2) is 0 Å². The second-order valence-corrected chi connectivity index (χ2v) is 4.63. The molecule has 0 aromatic carbocycles. The van der Waals surface area contributed by atoms with Crippen LogP contribution in [0.25, 0.3) is 0 Å². The number of nitrogens with two attached hydrogens (primary N) is 1. The SMILES string of the molecule is CCCCN(CC(N)=O)c1csc(C(=O)O)c1. The van der Waals surface area contributed by atoms with Gasteiger partial charge in [-0.15, -0.1) is 11.3 Å². The molecule has 0 aliphatic carbocycles. The molecule has 0 aliphatic heterocycles. The zero-order valence-corrected chi connectivity index (χ0v) is 10.5. The summed E-state index contributed by atoms with van der Waals surface area (Å²) in [7, 11) is 0. The highest BCUT2D eigenvalue weighted by Gasteiger charge is 2.13. The van der Waals surface area contributed by atoms with Gasteiger partial charge in [0.25, 0.3) is 0 Å². The number of primary amides is 1. The van der Waals surface area contributed by atoms with Crippen molar-refractivity contribution in [3.8, 4) is 0 Å². The molecule has 0 saturated heterocycles. The highest BCUT2D eigenvalue weighted by atomic mass is 32.1. The summed E-state index contributed by atoms with van der Waals surface area (Å²) in [5, 5.41) is 10.6. The monoisotopic (exact) mass is 256 g/mol. The number of anilines is 1. The highest BCUT2D eigenvalue weighted by Crippen LogP contribution is 2.23. The predicted octanol–water partition coefficient (Wildman–Crippen LogP) is 1.54. The van der Waals surface area contributed by atoms with Crippen molar-refractivity contribution in [1.29, 1.82) is 0 Å². The summed E-state index contributed by atoms with van der Waals surface area (Å²) < 4.78 is 0. The molecule has 1 aromatic heterocycles. The number of carbonyl (C=O) groups is 2. The molecule has 5 nitrogen and oxygen atoms in total. The van der Waals surface area contributed by atoms with Crippen molar-refractivity contribution in [3.63, 3.8) is 0 Å². The first-order chi connectivity index (χ1) is 8.04. The van der Waals surface area contributed by atoms with E-state index in [9.17, 15) is 9.59 Å². The lowest BCUT2D eigenvalue weighted by Crippen LogP contribution is -2.34. The summed E-state index contributed by atoms with van der Waals surface area (Å²) in [6.07, 6.45) is 1.94. The van der Waals surface area contributed by atoms with Gasteiger partial charge in [-0.1, -0.05) is 13.3 Å². The largest absolute Gasteiger partial charge is 0.477 e. The van der Waals surface area contributed by atoms with E-state index in [2.05, 4.69) is 6.92 Å². The third-order valence-electron chi connectivity index (χ3n) is 2.29. The highest BCUT2D eigenvalue weighted by molar-refractivity contribution is 7.12. The number of carboxylic acid groups (broad SMARTS) is 1. The number of thiophene rings is 1. The number of unbranched alkanes of at least 4 members (excludes halogenated alkanes) is 1. The van der Waals surface area contributed by atoms with E-state index in [1.54, 1.807) is 11.4 Å². The topological polar surface area (TPSA) is 83.6 Å². The van der Waals surface area contributed by atoms with Gasteiger partial charge in [-0.25, -0.2) is 4.79 Å². The minimum Gasteiger partial charge on any atom is -0.477 e. The Kier molecular flexibility index (Phi) is 4.96. The molecule has 0 atom stereocenters. The van der Waals surface area contributed by atoms with Gasteiger partial charge in [-0.3, -0.25) is 4.79 Å². The maximum atomic E-state index is 11.0. The molecule has 0 saturated carbocycles. The lowest BCUT2D eigenvalue weighted by Gasteiger charge is -2.21. The predicted molar refractivity (Wildman–Crippen MR) is 67.6 cm³/mol. The first-order valence-electron chi connectivity index (χ1n) is 5.39. The molecule has 1 amide bonds. The third kappa shape index (κ3) is 4.07. The summed E-state index contributed by atoms with van der Waals surface area (Å²) in [6.45, 7) is 2.88. The number of amides is 1. The Labute approximate surface area is 104 Å². The van der Waals surface area contributed by atoms with E-state index in [0.717, 1.165) is 29.9 Å². The van der Waals surface area contributed by atoms with Crippen molar-refractivity contribution in [1.82, 2.24) is 0 Å². The Morgan fingerprint density at radius 2 is 2.24 bits per heavy atom. The molecule has 0 radical (unpaired) electrons. The van der Waals surface area contributed by atoms with Crippen LogP contribution in [0.15, 0.2) is 11.4 Å². The number of aromatic carboxylic acids is 1. The molecule has 1 heterocycles. The second kappa shape index (κ2) is 6.24. The van der Waals surface area contributed by atoms with Crippen LogP contribution >= 0.6 is 11.3 Å². The second-order valence-electron chi connectivity index (χ2n) is 3.72. The fourth-order valence-electron chi connectivity index (χ4n) is 1.44. The van der Waals surface area contributed by atoms with Gasteiger partial charge >= 0.3 is 5.97 Å². The Morgan fingerprint density at radius 1 is 1.53 bits per heavy atom. The Morgan fingerprint density at radius 3 is 2.71 bits per heavy atom. The third-order valence-corrected chi connectivity index (χ3v) is 3.20. The van der Waals surface area contributed by atoms with Gasteiger partial charge in [-0.2, -0.15) is 0 Å².